The molecular formula is C8H15N3O2S. The number of nitrogens with zero attached hydrogens (tertiary/aromatic N) is 1. The van der Waals surface area contributed by atoms with Crippen molar-refractivity contribution in [2.75, 3.05) is 31.6 Å². The van der Waals surface area contributed by atoms with Gasteiger partial charge in [0.1, 0.15) is 0 Å². The largest absolute Gasteiger partial charge is 0.369 e. The van der Waals surface area contributed by atoms with E-state index in [1.165, 1.54) is 11.8 Å². The van der Waals surface area contributed by atoms with E-state index in [2.05, 4.69) is 5.32 Å². The minimum Gasteiger partial charge on any atom is -0.369 e. The predicted molar refractivity (Wildman–Crippen MR) is 55.9 cm³/mol. The molecule has 0 unspecified atom stereocenters. The fourth-order valence-corrected chi connectivity index (χ4v) is 1.77. The van der Waals surface area contributed by atoms with E-state index in [4.69, 9.17) is 5.73 Å². The average molecular weight is 217 g/mol. The summed E-state index contributed by atoms with van der Waals surface area (Å²) in [5, 5.41) is 3.10. The normalized spacial score (nSPS) is 16.1. The van der Waals surface area contributed by atoms with E-state index in [-0.39, 0.29) is 17.6 Å². The molecule has 1 rings (SSSR count). The number of nitrogens with one attached hydrogen (secondary N) is 1. The smallest absolute Gasteiger partial charge is 0.232 e. The fourth-order valence-electron chi connectivity index (χ4n) is 1.09. The molecular weight excluding hydrogens is 202 g/mol. The highest BCUT2D eigenvalue weighted by Crippen LogP contribution is 2.06. The van der Waals surface area contributed by atoms with Crippen LogP contribution in [0.15, 0.2) is 0 Å². The molecule has 0 aromatic carbocycles. The fraction of sp³-hybridized carbons (Fsp3) is 0.750. The third-order valence-electron chi connectivity index (χ3n) is 2.17. The van der Waals surface area contributed by atoms with Gasteiger partial charge in [-0.05, 0) is 0 Å². The molecule has 1 heterocycles. The summed E-state index contributed by atoms with van der Waals surface area (Å²) >= 11 is 1.26. The highest BCUT2D eigenvalue weighted by atomic mass is 32.2. The van der Waals surface area contributed by atoms with Crippen molar-refractivity contribution in [3.05, 3.63) is 0 Å². The van der Waals surface area contributed by atoms with Crippen molar-refractivity contribution in [3.8, 4) is 0 Å². The number of thioether (sulfide) groups is 1. The SMILES string of the molecule is CN(C(=O)CSCC(N)=O)C1CNC1. The Balaban J connectivity index is 2.16. The van der Waals surface area contributed by atoms with E-state index in [9.17, 15) is 9.59 Å². The molecule has 0 spiro atoms. The molecule has 5 nitrogen and oxygen atoms in total. The van der Waals surface area contributed by atoms with Gasteiger partial charge in [-0.15, -0.1) is 11.8 Å². The first-order chi connectivity index (χ1) is 6.61. The molecule has 0 bridgehead atoms. The number of nitrogens with two attached hydrogens (primary N) is 1. The summed E-state index contributed by atoms with van der Waals surface area (Å²) in [6, 6.07) is 0.316. The van der Waals surface area contributed by atoms with Crippen LogP contribution >= 0.6 is 11.8 Å². The zero-order valence-electron chi connectivity index (χ0n) is 8.16. The molecule has 0 atom stereocenters. The Labute approximate surface area is 87.4 Å². The molecule has 80 valence electrons. The lowest BCUT2D eigenvalue weighted by molar-refractivity contribution is -0.129. The van der Waals surface area contributed by atoms with Gasteiger partial charge in [0.05, 0.1) is 17.5 Å². The lowest BCUT2D eigenvalue weighted by atomic mass is 10.1. The summed E-state index contributed by atoms with van der Waals surface area (Å²) in [7, 11) is 1.79. The number of carbonyl (C=O) groups is 2. The van der Waals surface area contributed by atoms with Crippen LogP contribution < -0.4 is 11.1 Å². The van der Waals surface area contributed by atoms with Crippen LogP contribution in [0.3, 0.4) is 0 Å². The van der Waals surface area contributed by atoms with Gasteiger partial charge in [0.15, 0.2) is 0 Å². The first kappa shape index (κ1) is 11.3. The maximum absolute atomic E-state index is 11.5. The van der Waals surface area contributed by atoms with Gasteiger partial charge in [0.2, 0.25) is 11.8 Å². The molecule has 3 N–H and O–H groups in total. The second-order valence-corrected chi connectivity index (χ2v) is 4.26. The van der Waals surface area contributed by atoms with Crippen LogP contribution in [0.1, 0.15) is 0 Å². The van der Waals surface area contributed by atoms with E-state index in [0.717, 1.165) is 13.1 Å². The second-order valence-electron chi connectivity index (χ2n) is 3.28. The molecule has 1 aliphatic heterocycles. The van der Waals surface area contributed by atoms with E-state index in [1.807, 2.05) is 0 Å². The Hall–Kier alpha value is -0.750. The number of carbonyl (C=O) groups excluding carboxylic acids is 2. The molecule has 0 aliphatic carbocycles. The topological polar surface area (TPSA) is 75.4 Å². The van der Waals surface area contributed by atoms with E-state index >= 15 is 0 Å². The molecule has 0 aromatic heterocycles. The molecule has 6 heteroatoms. The Morgan fingerprint density at radius 1 is 1.50 bits per heavy atom. The average Bonchev–Trinajstić information content (AvgIpc) is 2.00. The van der Waals surface area contributed by atoms with Crippen LogP contribution in [0.25, 0.3) is 0 Å². The first-order valence-corrected chi connectivity index (χ1v) is 5.59. The first-order valence-electron chi connectivity index (χ1n) is 4.43. The molecule has 0 saturated carbocycles. The van der Waals surface area contributed by atoms with Crippen LogP contribution in [0, 0.1) is 0 Å². The molecule has 1 fully saturated rings. The molecule has 1 saturated heterocycles. The van der Waals surface area contributed by atoms with Gasteiger partial charge in [-0.1, -0.05) is 0 Å². The zero-order valence-corrected chi connectivity index (χ0v) is 8.97. The van der Waals surface area contributed by atoms with Crippen LogP contribution in [-0.2, 0) is 9.59 Å². The molecule has 0 radical (unpaired) electrons. The number of primary amides is 1. The summed E-state index contributed by atoms with van der Waals surface area (Å²) in [5.74, 6) is 0.219. The molecule has 0 aromatic rings. The van der Waals surface area contributed by atoms with Crippen molar-refractivity contribution in [3.63, 3.8) is 0 Å². The summed E-state index contributed by atoms with van der Waals surface area (Å²) in [6.45, 7) is 1.73. The standard InChI is InChI=1S/C8H15N3O2S/c1-11(6-2-10-3-6)8(13)5-14-4-7(9)12/h6,10H,2-5H2,1H3,(H2,9,12). The van der Waals surface area contributed by atoms with Gasteiger partial charge in [-0.3, -0.25) is 9.59 Å². The van der Waals surface area contributed by atoms with Crippen molar-refractivity contribution in [2.45, 2.75) is 6.04 Å². The lowest BCUT2D eigenvalue weighted by Gasteiger charge is -2.35. The molecule has 2 amide bonds. The van der Waals surface area contributed by atoms with E-state index in [1.54, 1.807) is 11.9 Å². The summed E-state index contributed by atoms with van der Waals surface area (Å²) < 4.78 is 0. The third kappa shape index (κ3) is 3.19. The van der Waals surface area contributed by atoms with Crippen LogP contribution in [0.5, 0.6) is 0 Å². The van der Waals surface area contributed by atoms with Crippen LogP contribution in [-0.4, -0.2) is 54.4 Å². The van der Waals surface area contributed by atoms with Gasteiger partial charge < -0.3 is 16.0 Å². The van der Waals surface area contributed by atoms with Gasteiger partial charge in [-0.2, -0.15) is 0 Å². The van der Waals surface area contributed by atoms with E-state index < -0.39 is 0 Å². The Morgan fingerprint density at radius 2 is 2.14 bits per heavy atom. The van der Waals surface area contributed by atoms with Gasteiger partial charge in [0.25, 0.3) is 0 Å². The van der Waals surface area contributed by atoms with E-state index in [0.29, 0.717) is 11.8 Å². The summed E-state index contributed by atoms with van der Waals surface area (Å²) in [4.78, 5) is 23.6. The van der Waals surface area contributed by atoms with Crippen molar-refractivity contribution >= 4 is 23.6 Å². The van der Waals surface area contributed by atoms with Gasteiger partial charge >= 0.3 is 0 Å². The summed E-state index contributed by atoms with van der Waals surface area (Å²) in [5.41, 5.74) is 4.96. The lowest BCUT2D eigenvalue weighted by Crippen LogP contribution is -2.57. The minimum atomic E-state index is -0.379. The summed E-state index contributed by atoms with van der Waals surface area (Å²) in [6.07, 6.45) is 0. The second kappa shape index (κ2) is 5.21. The number of hydrogen-bond donors (Lipinski definition) is 2. The van der Waals surface area contributed by atoms with Crippen molar-refractivity contribution < 1.29 is 9.59 Å². The highest BCUT2D eigenvalue weighted by molar-refractivity contribution is 8.00. The monoisotopic (exact) mass is 217 g/mol. The van der Waals surface area contributed by atoms with Crippen LogP contribution in [0.2, 0.25) is 0 Å². The highest BCUT2D eigenvalue weighted by Gasteiger charge is 2.24. The number of amides is 2. The quantitative estimate of drug-likeness (QED) is 0.596. The van der Waals surface area contributed by atoms with Crippen LogP contribution in [0.4, 0.5) is 0 Å². The van der Waals surface area contributed by atoms with Crippen molar-refractivity contribution in [2.24, 2.45) is 5.73 Å². The number of rotatable bonds is 5. The Kier molecular flexibility index (Phi) is 4.21. The van der Waals surface area contributed by atoms with Crippen molar-refractivity contribution in [1.82, 2.24) is 10.2 Å². The molecule has 1 aliphatic rings. The maximum atomic E-state index is 11.5. The Bertz CT molecular complexity index is 231. The van der Waals surface area contributed by atoms with Gasteiger partial charge in [0, 0.05) is 20.1 Å². The Morgan fingerprint density at radius 3 is 2.57 bits per heavy atom. The van der Waals surface area contributed by atoms with Gasteiger partial charge in [-0.25, -0.2) is 0 Å². The molecule has 14 heavy (non-hydrogen) atoms. The number of likely N-dealkylation sites (N-methyl/N-ethyl adjacent to an activating group) is 1. The predicted octanol–water partition coefficient (Wildman–Crippen LogP) is -1.36. The maximum Gasteiger partial charge on any atom is 0.232 e. The zero-order chi connectivity index (χ0) is 10.6. The van der Waals surface area contributed by atoms with Crippen molar-refractivity contribution in [1.29, 1.82) is 0 Å². The third-order valence-corrected chi connectivity index (χ3v) is 3.11. The number of hydrogen-bond acceptors (Lipinski definition) is 4. The minimum absolute atomic E-state index is 0.0581.